The van der Waals surface area contributed by atoms with E-state index in [1.165, 1.54) is 0 Å². The lowest BCUT2D eigenvalue weighted by molar-refractivity contribution is -0.158. The maximum atomic E-state index is 11.2. The molecule has 1 N–H and O–H groups in total. The Morgan fingerprint density at radius 3 is 2.87 bits per heavy atom. The number of rotatable bonds is 1. The summed E-state index contributed by atoms with van der Waals surface area (Å²) < 4.78 is 4.98. The molecular weight excluding hydrogens is 194 g/mol. The highest BCUT2D eigenvalue weighted by Gasteiger charge is 2.35. The summed E-state index contributed by atoms with van der Waals surface area (Å²) in [7, 11) is 0. The molecule has 3 unspecified atom stereocenters. The minimum Gasteiger partial charge on any atom is -0.463 e. The zero-order chi connectivity index (χ0) is 10.8. The van der Waals surface area contributed by atoms with Gasteiger partial charge >= 0.3 is 5.97 Å². The number of nitrogens with zero attached hydrogens (tertiary/aromatic N) is 1. The highest BCUT2D eigenvalue weighted by Crippen LogP contribution is 2.25. The van der Waals surface area contributed by atoms with Crippen LogP contribution in [0.3, 0.4) is 0 Å². The Labute approximate surface area is 90.2 Å². The van der Waals surface area contributed by atoms with E-state index in [4.69, 9.17) is 4.74 Å². The molecule has 2 aliphatic rings. The lowest BCUT2D eigenvalue weighted by Gasteiger charge is -2.42. The lowest BCUT2D eigenvalue weighted by atomic mass is 9.90. The first-order valence-electron chi connectivity index (χ1n) is 5.78. The number of aliphatic hydroxyl groups is 1. The molecule has 86 valence electrons. The molecule has 1 saturated heterocycles. The fraction of sp³-hybridized carbons (Fsp3) is 0.909. The fourth-order valence-electron chi connectivity index (χ4n) is 2.58. The molecule has 0 radical (unpaired) electrons. The molecular formula is C11H19NO3. The molecule has 2 rings (SSSR count). The maximum Gasteiger partial charge on any atom is 0.320 e. The van der Waals surface area contributed by atoms with Gasteiger partial charge in [-0.3, -0.25) is 9.69 Å². The van der Waals surface area contributed by atoms with Gasteiger partial charge in [-0.2, -0.15) is 0 Å². The van der Waals surface area contributed by atoms with Crippen LogP contribution in [0.4, 0.5) is 0 Å². The van der Waals surface area contributed by atoms with Gasteiger partial charge in [-0.1, -0.05) is 12.8 Å². The summed E-state index contributed by atoms with van der Waals surface area (Å²) in [5.74, 6) is -0.161. The topological polar surface area (TPSA) is 49.8 Å². The normalized spacial score (nSPS) is 38.8. The predicted octanol–water partition coefficient (Wildman–Crippen LogP) is 0.537. The van der Waals surface area contributed by atoms with E-state index in [9.17, 15) is 9.90 Å². The molecule has 4 nitrogen and oxygen atoms in total. The van der Waals surface area contributed by atoms with Gasteiger partial charge in [-0.25, -0.2) is 0 Å². The predicted molar refractivity (Wildman–Crippen MR) is 55.4 cm³/mol. The lowest BCUT2D eigenvalue weighted by Crippen LogP contribution is -2.55. The van der Waals surface area contributed by atoms with E-state index in [0.29, 0.717) is 13.2 Å². The molecule has 2 fully saturated rings. The third-order valence-electron chi connectivity index (χ3n) is 3.48. The number of ether oxygens (including phenoxy) is 1. The van der Waals surface area contributed by atoms with Gasteiger partial charge in [0, 0.05) is 12.1 Å². The number of esters is 1. The zero-order valence-electron chi connectivity index (χ0n) is 9.19. The Kier molecular flexibility index (Phi) is 3.26. The van der Waals surface area contributed by atoms with Crippen molar-refractivity contribution < 1.29 is 14.6 Å². The van der Waals surface area contributed by atoms with Crippen LogP contribution in [0, 0.1) is 0 Å². The molecule has 0 bridgehead atoms. The van der Waals surface area contributed by atoms with Crippen molar-refractivity contribution in [3.8, 4) is 0 Å². The van der Waals surface area contributed by atoms with E-state index >= 15 is 0 Å². The molecule has 4 heteroatoms. The van der Waals surface area contributed by atoms with Crippen molar-refractivity contribution in [3.05, 3.63) is 0 Å². The molecule has 0 amide bonds. The smallest absolute Gasteiger partial charge is 0.320 e. The third-order valence-corrected chi connectivity index (χ3v) is 3.48. The van der Waals surface area contributed by atoms with Crippen molar-refractivity contribution >= 4 is 5.97 Å². The Bertz CT molecular complexity index is 244. The van der Waals surface area contributed by atoms with Crippen molar-refractivity contribution in [1.29, 1.82) is 0 Å². The number of carbonyl (C=O) groups excluding carboxylic acids is 1. The Hall–Kier alpha value is -0.610. The van der Waals surface area contributed by atoms with Gasteiger partial charge in [0.25, 0.3) is 0 Å². The first kappa shape index (κ1) is 10.9. The summed E-state index contributed by atoms with van der Waals surface area (Å²) in [6.07, 6.45) is 3.85. The number of aliphatic hydroxyl groups excluding tert-OH is 1. The molecule has 3 atom stereocenters. The minimum atomic E-state index is -0.271. The molecule has 0 aromatic heterocycles. The zero-order valence-corrected chi connectivity index (χ0v) is 9.19. The third kappa shape index (κ3) is 2.32. The van der Waals surface area contributed by atoms with Crippen molar-refractivity contribution in [2.24, 2.45) is 0 Å². The molecule has 0 spiro atoms. The summed E-state index contributed by atoms with van der Waals surface area (Å²) in [6, 6.07) is 0.391. The van der Waals surface area contributed by atoms with Crippen LogP contribution in [0.5, 0.6) is 0 Å². The van der Waals surface area contributed by atoms with Gasteiger partial charge < -0.3 is 9.84 Å². The number of hydrogen-bond acceptors (Lipinski definition) is 4. The summed E-state index contributed by atoms with van der Waals surface area (Å²) in [5, 5.41) is 9.93. The number of hydrogen-bond donors (Lipinski definition) is 1. The fourth-order valence-corrected chi connectivity index (χ4v) is 2.58. The van der Waals surface area contributed by atoms with Crippen molar-refractivity contribution in [2.75, 3.05) is 13.2 Å². The van der Waals surface area contributed by atoms with Crippen LogP contribution >= 0.6 is 0 Å². The number of carbonyl (C=O) groups is 1. The Morgan fingerprint density at radius 2 is 2.13 bits per heavy atom. The van der Waals surface area contributed by atoms with Crippen LogP contribution in [0.15, 0.2) is 0 Å². The summed E-state index contributed by atoms with van der Waals surface area (Å²) in [6.45, 7) is 2.85. The number of morpholine rings is 1. The van der Waals surface area contributed by atoms with Gasteiger partial charge in [-0.15, -0.1) is 0 Å². The maximum absolute atomic E-state index is 11.2. The Balaban J connectivity index is 2.03. The summed E-state index contributed by atoms with van der Waals surface area (Å²) >= 11 is 0. The molecule has 15 heavy (non-hydrogen) atoms. The second-order valence-electron chi connectivity index (χ2n) is 4.62. The highest BCUT2D eigenvalue weighted by atomic mass is 16.5. The molecule has 0 aromatic carbocycles. The van der Waals surface area contributed by atoms with Crippen LogP contribution in [-0.2, 0) is 9.53 Å². The summed E-state index contributed by atoms with van der Waals surface area (Å²) in [5.41, 5.74) is 0. The average Bonchev–Trinajstić information content (AvgIpc) is 2.23. The Morgan fingerprint density at radius 1 is 1.40 bits per heavy atom. The van der Waals surface area contributed by atoms with Crippen molar-refractivity contribution in [3.63, 3.8) is 0 Å². The van der Waals surface area contributed by atoms with E-state index < -0.39 is 0 Å². The van der Waals surface area contributed by atoms with E-state index in [0.717, 1.165) is 25.7 Å². The van der Waals surface area contributed by atoms with Crippen molar-refractivity contribution in [1.82, 2.24) is 4.90 Å². The van der Waals surface area contributed by atoms with E-state index in [2.05, 4.69) is 4.90 Å². The van der Waals surface area contributed by atoms with Crippen LogP contribution in [-0.4, -0.2) is 47.3 Å². The molecule has 1 saturated carbocycles. The SMILES string of the molecule is CC1COC(=O)CN1C1CCCCC1O. The monoisotopic (exact) mass is 213 g/mol. The van der Waals surface area contributed by atoms with E-state index in [1.807, 2.05) is 6.92 Å². The van der Waals surface area contributed by atoms with E-state index in [-0.39, 0.29) is 24.2 Å². The molecule has 1 heterocycles. The second kappa shape index (κ2) is 4.49. The van der Waals surface area contributed by atoms with Gasteiger partial charge in [0.15, 0.2) is 0 Å². The minimum absolute atomic E-state index is 0.154. The largest absolute Gasteiger partial charge is 0.463 e. The highest BCUT2D eigenvalue weighted by molar-refractivity contribution is 5.72. The van der Waals surface area contributed by atoms with Crippen LogP contribution in [0.2, 0.25) is 0 Å². The first-order valence-corrected chi connectivity index (χ1v) is 5.78. The van der Waals surface area contributed by atoms with Crippen LogP contribution in [0.1, 0.15) is 32.6 Å². The molecule has 0 aromatic rings. The second-order valence-corrected chi connectivity index (χ2v) is 4.62. The van der Waals surface area contributed by atoms with Crippen LogP contribution in [0.25, 0.3) is 0 Å². The molecule has 1 aliphatic carbocycles. The van der Waals surface area contributed by atoms with Gasteiger partial charge in [0.2, 0.25) is 0 Å². The van der Waals surface area contributed by atoms with Gasteiger partial charge in [-0.05, 0) is 19.8 Å². The average molecular weight is 213 g/mol. The molecule has 1 aliphatic heterocycles. The standard InChI is InChI=1S/C11H19NO3/c1-8-7-15-11(14)6-12(8)9-4-2-3-5-10(9)13/h8-10,13H,2-7H2,1H3. The first-order chi connectivity index (χ1) is 7.18. The number of cyclic esters (lactones) is 1. The van der Waals surface area contributed by atoms with E-state index in [1.54, 1.807) is 0 Å². The van der Waals surface area contributed by atoms with Crippen LogP contribution < -0.4 is 0 Å². The quantitative estimate of drug-likeness (QED) is 0.646. The van der Waals surface area contributed by atoms with Gasteiger partial charge in [0.05, 0.1) is 12.6 Å². The van der Waals surface area contributed by atoms with Gasteiger partial charge in [0.1, 0.15) is 6.61 Å². The van der Waals surface area contributed by atoms with Crippen molar-refractivity contribution in [2.45, 2.75) is 50.8 Å². The summed E-state index contributed by atoms with van der Waals surface area (Å²) in [4.78, 5) is 13.3.